The number of urea groups is 1. The number of amides is 3. The van der Waals surface area contributed by atoms with Crippen LogP contribution in [-0.2, 0) is 4.79 Å². The summed E-state index contributed by atoms with van der Waals surface area (Å²) in [7, 11) is 0. The summed E-state index contributed by atoms with van der Waals surface area (Å²) >= 11 is 0. The van der Waals surface area contributed by atoms with E-state index >= 15 is 0 Å². The maximum absolute atomic E-state index is 12.2. The molecule has 2 fully saturated rings. The van der Waals surface area contributed by atoms with Crippen LogP contribution in [-0.4, -0.2) is 50.1 Å². The van der Waals surface area contributed by atoms with Crippen molar-refractivity contribution in [3.05, 3.63) is 30.1 Å². The normalized spacial score (nSPS) is 23.4. The molecule has 4 heterocycles. The minimum absolute atomic E-state index is 0.0728. The van der Waals surface area contributed by atoms with Gasteiger partial charge in [0, 0.05) is 18.5 Å². The van der Waals surface area contributed by atoms with Crippen molar-refractivity contribution in [3.8, 4) is 0 Å². The maximum atomic E-state index is 12.2. The van der Waals surface area contributed by atoms with Gasteiger partial charge in [-0.2, -0.15) is 4.52 Å². The number of piperidine rings is 1. The third kappa shape index (κ3) is 2.42. The number of imide groups is 1. The van der Waals surface area contributed by atoms with Gasteiger partial charge in [0.2, 0.25) is 5.95 Å². The molecule has 2 aliphatic heterocycles. The lowest BCUT2D eigenvalue weighted by Gasteiger charge is -2.38. The predicted octanol–water partition coefficient (Wildman–Crippen LogP) is 1.40. The molecule has 1 atom stereocenters. The molecular formula is C19H21N7O2. The molecule has 2 aliphatic rings. The molecule has 0 aliphatic carbocycles. The first kappa shape index (κ1) is 16.9. The Morgan fingerprint density at radius 1 is 1.14 bits per heavy atom. The molecule has 2 saturated heterocycles. The van der Waals surface area contributed by atoms with Crippen LogP contribution >= 0.6 is 0 Å². The van der Waals surface area contributed by atoms with Crippen LogP contribution in [0.15, 0.2) is 24.3 Å². The second-order valence-electron chi connectivity index (χ2n) is 7.70. The first-order valence-corrected chi connectivity index (χ1v) is 9.46. The van der Waals surface area contributed by atoms with Gasteiger partial charge in [-0.25, -0.2) is 14.8 Å². The Bertz CT molecular complexity index is 1120. The van der Waals surface area contributed by atoms with E-state index in [-0.39, 0.29) is 11.8 Å². The summed E-state index contributed by atoms with van der Waals surface area (Å²) in [5.41, 5.74) is 0.836. The van der Waals surface area contributed by atoms with Crippen molar-refractivity contribution in [1.82, 2.24) is 30.2 Å². The standard InChI is InChI=1S/C19H21N7O2/c1-11-20-15-13-5-3-4-6-14(13)21-18(26(15)24-11)25-9-7-12(8-10-25)19(2)16(27)22-17(28)23-19/h3-6,12H,7-10H2,1-2H3,(H2,22,23,27,28)/t19-/m0/s1. The van der Waals surface area contributed by atoms with Gasteiger partial charge in [-0.15, -0.1) is 5.10 Å². The monoisotopic (exact) mass is 379 g/mol. The van der Waals surface area contributed by atoms with Gasteiger partial charge in [0.15, 0.2) is 5.65 Å². The first-order chi connectivity index (χ1) is 13.5. The number of rotatable bonds is 2. The third-order valence-corrected chi connectivity index (χ3v) is 5.93. The summed E-state index contributed by atoms with van der Waals surface area (Å²) in [6.07, 6.45) is 1.54. The van der Waals surface area contributed by atoms with Crippen LogP contribution in [0.3, 0.4) is 0 Å². The van der Waals surface area contributed by atoms with E-state index < -0.39 is 11.6 Å². The highest BCUT2D eigenvalue weighted by Crippen LogP contribution is 2.33. The molecule has 0 saturated carbocycles. The van der Waals surface area contributed by atoms with E-state index in [1.165, 1.54) is 0 Å². The Morgan fingerprint density at radius 3 is 2.61 bits per heavy atom. The fourth-order valence-electron chi connectivity index (χ4n) is 4.35. The van der Waals surface area contributed by atoms with Gasteiger partial charge >= 0.3 is 6.03 Å². The number of aryl methyl sites for hydroxylation is 1. The quantitative estimate of drug-likeness (QED) is 0.652. The summed E-state index contributed by atoms with van der Waals surface area (Å²) in [4.78, 5) is 35.4. The number of hydrogen-bond donors (Lipinski definition) is 2. The van der Waals surface area contributed by atoms with Crippen LogP contribution in [0.2, 0.25) is 0 Å². The Hall–Kier alpha value is -3.23. The Kier molecular flexibility index (Phi) is 3.55. The van der Waals surface area contributed by atoms with Gasteiger partial charge in [0.1, 0.15) is 11.4 Å². The smallest absolute Gasteiger partial charge is 0.322 e. The van der Waals surface area contributed by atoms with E-state index in [1.807, 2.05) is 35.7 Å². The van der Waals surface area contributed by atoms with Crippen LogP contribution in [0.4, 0.5) is 10.7 Å². The van der Waals surface area contributed by atoms with Crippen molar-refractivity contribution in [1.29, 1.82) is 0 Å². The van der Waals surface area contributed by atoms with Crippen LogP contribution in [0, 0.1) is 12.8 Å². The van der Waals surface area contributed by atoms with Crippen molar-refractivity contribution in [3.63, 3.8) is 0 Å². The molecule has 2 N–H and O–H groups in total. The van der Waals surface area contributed by atoms with E-state index in [9.17, 15) is 9.59 Å². The summed E-state index contributed by atoms with van der Waals surface area (Å²) in [6.45, 7) is 5.13. The second kappa shape index (κ2) is 5.88. The molecule has 0 spiro atoms. The van der Waals surface area contributed by atoms with E-state index in [2.05, 4.69) is 25.6 Å². The number of nitrogens with one attached hydrogen (secondary N) is 2. The number of benzene rings is 1. The highest BCUT2D eigenvalue weighted by Gasteiger charge is 2.48. The number of para-hydroxylation sites is 1. The van der Waals surface area contributed by atoms with Crippen molar-refractivity contribution in [2.45, 2.75) is 32.2 Å². The average molecular weight is 379 g/mol. The molecule has 28 heavy (non-hydrogen) atoms. The van der Waals surface area contributed by atoms with Gasteiger partial charge in [-0.3, -0.25) is 10.1 Å². The van der Waals surface area contributed by atoms with Crippen molar-refractivity contribution >= 4 is 34.4 Å². The number of carbonyl (C=O) groups is 2. The highest BCUT2D eigenvalue weighted by molar-refractivity contribution is 6.07. The maximum Gasteiger partial charge on any atom is 0.322 e. The molecule has 2 aromatic heterocycles. The van der Waals surface area contributed by atoms with E-state index in [4.69, 9.17) is 4.98 Å². The van der Waals surface area contributed by atoms with E-state index in [0.717, 1.165) is 48.4 Å². The highest BCUT2D eigenvalue weighted by atomic mass is 16.2. The predicted molar refractivity (Wildman–Crippen MR) is 103 cm³/mol. The zero-order valence-corrected chi connectivity index (χ0v) is 15.8. The van der Waals surface area contributed by atoms with Crippen LogP contribution < -0.4 is 15.5 Å². The molecule has 0 unspecified atom stereocenters. The summed E-state index contributed by atoms with van der Waals surface area (Å²) in [5.74, 6) is 1.29. The van der Waals surface area contributed by atoms with Gasteiger partial charge in [-0.1, -0.05) is 12.1 Å². The molecule has 9 nitrogen and oxygen atoms in total. The lowest BCUT2D eigenvalue weighted by Crippen LogP contribution is -2.54. The Morgan fingerprint density at radius 2 is 1.89 bits per heavy atom. The van der Waals surface area contributed by atoms with E-state index in [1.54, 1.807) is 6.92 Å². The minimum Gasteiger partial charge on any atom is -0.341 e. The second-order valence-corrected chi connectivity index (χ2v) is 7.70. The van der Waals surface area contributed by atoms with Gasteiger partial charge < -0.3 is 10.2 Å². The zero-order chi connectivity index (χ0) is 19.5. The lowest BCUT2D eigenvalue weighted by molar-refractivity contribution is -0.125. The fraction of sp³-hybridized carbons (Fsp3) is 0.421. The molecule has 144 valence electrons. The number of hydrogen-bond acceptors (Lipinski definition) is 6. The zero-order valence-electron chi connectivity index (χ0n) is 15.8. The number of aromatic nitrogens is 4. The fourth-order valence-corrected chi connectivity index (χ4v) is 4.35. The van der Waals surface area contributed by atoms with Crippen LogP contribution in [0.1, 0.15) is 25.6 Å². The van der Waals surface area contributed by atoms with Gasteiger partial charge in [0.05, 0.1) is 5.52 Å². The SMILES string of the molecule is Cc1nc2c3ccccc3nc(N3CCC([C@]4(C)NC(=O)NC4=O)CC3)n2n1. The third-order valence-electron chi connectivity index (χ3n) is 5.93. The van der Waals surface area contributed by atoms with Gasteiger partial charge in [0.25, 0.3) is 5.91 Å². The number of carbonyl (C=O) groups excluding carboxylic acids is 2. The largest absolute Gasteiger partial charge is 0.341 e. The van der Waals surface area contributed by atoms with Crippen LogP contribution in [0.5, 0.6) is 0 Å². The first-order valence-electron chi connectivity index (χ1n) is 9.46. The summed E-state index contributed by atoms with van der Waals surface area (Å²) < 4.78 is 1.81. The number of anilines is 1. The molecule has 1 aromatic carbocycles. The average Bonchev–Trinajstić information content (AvgIpc) is 3.20. The molecule has 3 aromatic rings. The van der Waals surface area contributed by atoms with E-state index in [0.29, 0.717) is 5.82 Å². The van der Waals surface area contributed by atoms with Crippen molar-refractivity contribution in [2.24, 2.45) is 5.92 Å². The number of nitrogens with zero attached hydrogens (tertiary/aromatic N) is 5. The Labute approximate surface area is 161 Å². The summed E-state index contributed by atoms with van der Waals surface area (Å²) in [5, 5.41) is 10.7. The molecule has 0 radical (unpaired) electrons. The molecule has 0 bridgehead atoms. The topological polar surface area (TPSA) is 105 Å². The molecule has 5 rings (SSSR count). The Balaban J connectivity index is 1.47. The lowest BCUT2D eigenvalue weighted by atomic mass is 9.79. The molecule has 9 heteroatoms. The number of fused-ring (bicyclic) bond motifs is 3. The molecule has 3 amide bonds. The van der Waals surface area contributed by atoms with Crippen molar-refractivity contribution in [2.75, 3.05) is 18.0 Å². The molecular weight excluding hydrogens is 358 g/mol. The summed E-state index contributed by atoms with van der Waals surface area (Å²) in [6, 6.07) is 7.51. The van der Waals surface area contributed by atoms with Crippen molar-refractivity contribution < 1.29 is 9.59 Å². The van der Waals surface area contributed by atoms with Gasteiger partial charge in [-0.05, 0) is 44.7 Å². The minimum atomic E-state index is -0.848. The van der Waals surface area contributed by atoms with Crippen LogP contribution in [0.25, 0.3) is 16.6 Å².